The summed E-state index contributed by atoms with van der Waals surface area (Å²) in [6.07, 6.45) is 2.03. The smallest absolute Gasteiger partial charge is 0.342 e. The standard InChI is InChI=1S/C9H20N.C8H18N.Zn/c1-6-7-10(8(2)3)9(4)5;1-5-7-9(6-2)8(3)4;/h8-9H,1,6-7H2,2-5H3;8H,1,5-7H2,2-4H3;/q2*-1;+2. The zero-order valence-electron chi connectivity index (χ0n) is 15.3. The van der Waals surface area contributed by atoms with Crippen LogP contribution in [0.1, 0.15) is 61.3 Å². The second-order valence-corrected chi connectivity index (χ2v) is 5.85. The number of hydrogen-bond acceptors (Lipinski definition) is 2. The van der Waals surface area contributed by atoms with Gasteiger partial charge >= 0.3 is 19.5 Å². The monoisotopic (exact) mass is 334 g/mol. The van der Waals surface area contributed by atoms with Crippen LogP contribution in [0.2, 0.25) is 0 Å². The van der Waals surface area contributed by atoms with Crippen molar-refractivity contribution in [2.45, 2.75) is 79.4 Å². The van der Waals surface area contributed by atoms with Crippen LogP contribution >= 0.6 is 0 Å². The fourth-order valence-electron chi connectivity index (χ4n) is 2.28. The Bertz CT molecular complexity index is 174. The van der Waals surface area contributed by atoms with Crippen LogP contribution in [0.3, 0.4) is 0 Å². The Labute approximate surface area is 142 Å². The molecule has 0 aliphatic rings. The minimum Gasteiger partial charge on any atom is -0.342 e. The molecule has 0 fully saturated rings. The molecule has 2 nitrogen and oxygen atoms in total. The summed E-state index contributed by atoms with van der Waals surface area (Å²) < 4.78 is 0. The number of hydrogen-bond donors (Lipinski definition) is 0. The molecular weight excluding hydrogens is 298 g/mol. The molecular formula is C17H38N2Zn. The Kier molecular flexibility index (Phi) is 20.3. The molecule has 0 aliphatic heterocycles. The minimum absolute atomic E-state index is 0. The van der Waals surface area contributed by atoms with Gasteiger partial charge in [0, 0.05) is 18.1 Å². The molecule has 0 atom stereocenters. The van der Waals surface area contributed by atoms with Gasteiger partial charge in [0.05, 0.1) is 0 Å². The first-order chi connectivity index (χ1) is 8.81. The molecule has 20 heavy (non-hydrogen) atoms. The summed E-state index contributed by atoms with van der Waals surface area (Å²) in [6, 6.07) is 1.99. The van der Waals surface area contributed by atoms with Gasteiger partial charge in [-0.15, -0.1) is 0 Å². The van der Waals surface area contributed by atoms with E-state index in [2.05, 4.69) is 72.1 Å². The Hall–Kier alpha value is 0.543. The summed E-state index contributed by atoms with van der Waals surface area (Å²) >= 11 is 0. The summed E-state index contributed by atoms with van der Waals surface area (Å²) in [5.74, 6) is 0. The zero-order chi connectivity index (χ0) is 15.4. The predicted molar refractivity (Wildman–Crippen MR) is 89.3 cm³/mol. The van der Waals surface area contributed by atoms with Crippen LogP contribution < -0.4 is 0 Å². The van der Waals surface area contributed by atoms with Crippen molar-refractivity contribution >= 4 is 0 Å². The van der Waals surface area contributed by atoms with Crippen LogP contribution in [-0.4, -0.2) is 47.6 Å². The fraction of sp³-hybridized carbons (Fsp3) is 0.882. The van der Waals surface area contributed by atoms with Crippen molar-refractivity contribution in [2.75, 3.05) is 19.6 Å². The average molecular weight is 336 g/mol. The first kappa shape index (κ1) is 25.5. The molecule has 0 rings (SSSR count). The van der Waals surface area contributed by atoms with Crippen molar-refractivity contribution in [3.63, 3.8) is 0 Å². The second kappa shape index (κ2) is 15.9. The molecule has 0 saturated carbocycles. The van der Waals surface area contributed by atoms with E-state index in [0.717, 1.165) is 32.5 Å². The molecule has 0 radical (unpaired) electrons. The van der Waals surface area contributed by atoms with E-state index in [1.54, 1.807) is 0 Å². The number of rotatable bonds is 8. The summed E-state index contributed by atoms with van der Waals surface area (Å²) in [7, 11) is 0. The molecule has 0 aliphatic carbocycles. The summed E-state index contributed by atoms with van der Waals surface area (Å²) in [5, 5.41) is 0. The molecule has 0 saturated heterocycles. The SMILES string of the molecule is [CH2-]CCN(C(C)C)C(C)C.[CH2-]CCN(CC)C(C)C.[Zn+2]. The first-order valence-corrected chi connectivity index (χ1v) is 7.89. The van der Waals surface area contributed by atoms with E-state index < -0.39 is 0 Å². The van der Waals surface area contributed by atoms with Gasteiger partial charge in [-0.25, -0.2) is 0 Å². The van der Waals surface area contributed by atoms with E-state index in [0.29, 0.717) is 18.1 Å². The zero-order valence-corrected chi connectivity index (χ0v) is 18.3. The van der Waals surface area contributed by atoms with E-state index in [1.165, 1.54) is 0 Å². The Morgan fingerprint density at radius 2 is 1.15 bits per heavy atom. The normalized spacial score (nSPS) is 11.1. The van der Waals surface area contributed by atoms with Crippen LogP contribution in [0.15, 0.2) is 0 Å². The van der Waals surface area contributed by atoms with E-state index >= 15 is 0 Å². The molecule has 0 heterocycles. The van der Waals surface area contributed by atoms with Gasteiger partial charge in [0.15, 0.2) is 0 Å². The average Bonchev–Trinajstić information content (AvgIpc) is 2.32. The Morgan fingerprint density at radius 1 is 0.750 bits per heavy atom. The first-order valence-electron chi connectivity index (χ1n) is 7.89. The van der Waals surface area contributed by atoms with Crippen molar-refractivity contribution in [1.29, 1.82) is 0 Å². The molecule has 0 N–H and O–H groups in total. The van der Waals surface area contributed by atoms with Crippen molar-refractivity contribution in [3.8, 4) is 0 Å². The molecule has 118 valence electrons. The van der Waals surface area contributed by atoms with Gasteiger partial charge in [0.1, 0.15) is 0 Å². The summed E-state index contributed by atoms with van der Waals surface area (Å²) in [5.41, 5.74) is 0. The van der Waals surface area contributed by atoms with E-state index in [4.69, 9.17) is 0 Å². The van der Waals surface area contributed by atoms with Crippen LogP contribution in [0.4, 0.5) is 0 Å². The maximum absolute atomic E-state index is 3.85. The molecule has 0 spiro atoms. The second-order valence-electron chi connectivity index (χ2n) is 5.85. The van der Waals surface area contributed by atoms with Crippen LogP contribution in [-0.2, 0) is 19.5 Å². The molecule has 0 amide bonds. The minimum atomic E-state index is 0. The number of nitrogens with zero attached hydrogens (tertiary/aromatic N) is 2. The van der Waals surface area contributed by atoms with Crippen molar-refractivity contribution < 1.29 is 19.5 Å². The predicted octanol–water partition coefficient (Wildman–Crippen LogP) is 4.27. The topological polar surface area (TPSA) is 6.48 Å². The van der Waals surface area contributed by atoms with Gasteiger partial charge in [0.2, 0.25) is 0 Å². The van der Waals surface area contributed by atoms with E-state index in [-0.39, 0.29) is 19.5 Å². The maximum atomic E-state index is 3.85. The van der Waals surface area contributed by atoms with Crippen LogP contribution in [0, 0.1) is 13.8 Å². The summed E-state index contributed by atoms with van der Waals surface area (Å²) in [6.45, 7) is 26.6. The van der Waals surface area contributed by atoms with Crippen molar-refractivity contribution in [1.82, 2.24) is 9.80 Å². The molecule has 0 bridgehead atoms. The van der Waals surface area contributed by atoms with Crippen LogP contribution in [0.25, 0.3) is 0 Å². The van der Waals surface area contributed by atoms with Gasteiger partial charge in [0.25, 0.3) is 0 Å². The third-order valence-corrected chi connectivity index (χ3v) is 3.32. The molecule has 0 aromatic carbocycles. The van der Waals surface area contributed by atoms with Gasteiger partial charge in [-0.2, -0.15) is 12.8 Å². The van der Waals surface area contributed by atoms with Gasteiger partial charge in [-0.3, -0.25) is 0 Å². The van der Waals surface area contributed by atoms with Crippen LogP contribution in [0.5, 0.6) is 0 Å². The third kappa shape index (κ3) is 13.5. The largest absolute Gasteiger partial charge is 2.00 e. The molecule has 0 aromatic rings. The van der Waals surface area contributed by atoms with Gasteiger partial charge in [-0.05, 0) is 61.2 Å². The maximum Gasteiger partial charge on any atom is 2.00 e. The van der Waals surface area contributed by atoms with Crippen molar-refractivity contribution in [3.05, 3.63) is 13.8 Å². The Morgan fingerprint density at radius 3 is 1.25 bits per heavy atom. The molecule has 0 aromatic heterocycles. The summed E-state index contributed by atoms with van der Waals surface area (Å²) in [4.78, 5) is 4.86. The Balaban J connectivity index is -0.000000277. The molecule has 0 unspecified atom stereocenters. The van der Waals surface area contributed by atoms with Gasteiger partial charge < -0.3 is 23.6 Å². The quantitative estimate of drug-likeness (QED) is 0.483. The third-order valence-electron chi connectivity index (χ3n) is 3.32. The van der Waals surface area contributed by atoms with E-state index in [1.807, 2.05) is 0 Å². The van der Waals surface area contributed by atoms with Crippen molar-refractivity contribution in [2.24, 2.45) is 0 Å². The fourth-order valence-corrected chi connectivity index (χ4v) is 2.28. The van der Waals surface area contributed by atoms with Gasteiger partial charge in [-0.1, -0.05) is 6.92 Å². The van der Waals surface area contributed by atoms with E-state index in [9.17, 15) is 0 Å². The molecule has 3 heteroatoms.